The minimum atomic E-state index is 0.736. The zero-order chi connectivity index (χ0) is 13.6. The van der Waals surface area contributed by atoms with Gasteiger partial charge in [0.05, 0.1) is 5.69 Å². The van der Waals surface area contributed by atoms with Crippen LogP contribution in [-0.2, 0) is 0 Å². The van der Waals surface area contributed by atoms with E-state index in [-0.39, 0.29) is 0 Å². The minimum absolute atomic E-state index is 0.736. The second-order valence-corrected chi connectivity index (χ2v) is 6.35. The maximum absolute atomic E-state index is 11.5. The Bertz CT molecular complexity index is 779. The SMILES string of the molecule is Cc1ccc2cc(-c3cc(C)sc3C)c(C=O)n2c1. The molecule has 3 heterocycles. The third-order valence-electron chi connectivity index (χ3n) is 3.40. The van der Waals surface area contributed by atoms with Gasteiger partial charge in [0.2, 0.25) is 0 Å². The Morgan fingerprint density at radius 1 is 1.11 bits per heavy atom. The van der Waals surface area contributed by atoms with Crippen molar-refractivity contribution in [2.75, 3.05) is 0 Å². The first-order valence-corrected chi connectivity index (χ1v) is 7.06. The molecule has 0 N–H and O–H groups in total. The van der Waals surface area contributed by atoms with Crippen molar-refractivity contribution < 1.29 is 4.79 Å². The molecule has 0 amide bonds. The zero-order valence-electron chi connectivity index (χ0n) is 11.2. The summed E-state index contributed by atoms with van der Waals surface area (Å²) in [5, 5.41) is 0. The Kier molecular flexibility index (Phi) is 2.79. The fraction of sp³-hybridized carbons (Fsp3) is 0.188. The summed E-state index contributed by atoms with van der Waals surface area (Å²) < 4.78 is 1.98. The van der Waals surface area contributed by atoms with Crippen LogP contribution in [0.15, 0.2) is 30.5 Å². The van der Waals surface area contributed by atoms with Crippen molar-refractivity contribution >= 4 is 23.1 Å². The Morgan fingerprint density at radius 3 is 2.53 bits per heavy atom. The number of hydrogen-bond donors (Lipinski definition) is 0. The molecule has 0 saturated carbocycles. The van der Waals surface area contributed by atoms with Crippen LogP contribution < -0.4 is 0 Å². The number of aryl methyl sites for hydroxylation is 3. The van der Waals surface area contributed by atoms with Gasteiger partial charge in [-0.3, -0.25) is 4.79 Å². The summed E-state index contributed by atoms with van der Waals surface area (Å²) in [7, 11) is 0. The fourth-order valence-electron chi connectivity index (χ4n) is 2.53. The molecule has 0 fully saturated rings. The van der Waals surface area contributed by atoms with E-state index < -0.39 is 0 Å². The van der Waals surface area contributed by atoms with E-state index in [2.05, 4.69) is 38.1 Å². The predicted molar refractivity (Wildman–Crippen MR) is 80.3 cm³/mol. The van der Waals surface area contributed by atoms with Crippen LogP contribution in [0.5, 0.6) is 0 Å². The molecule has 3 aromatic heterocycles. The van der Waals surface area contributed by atoms with Gasteiger partial charge in [-0.05, 0) is 50.1 Å². The summed E-state index contributed by atoms with van der Waals surface area (Å²) in [6, 6.07) is 8.38. The number of aldehydes is 1. The highest BCUT2D eigenvalue weighted by Gasteiger charge is 2.14. The van der Waals surface area contributed by atoms with E-state index in [1.54, 1.807) is 11.3 Å². The third-order valence-corrected chi connectivity index (χ3v) is 4.36. The highest BCUT2D eigenvalue weighted by atomic mass is 32.1. The fourth-order valence-corrected chi connectivity index (χ4v) is 3.47. The van der Waals surface area contributed by atoms with Crippen molar-refractivity contribution in [3.63, 3.8) is 0 Å². The van der Waals surface area contributed by atoms with Gasteiger partial charge in [0, 0.05) is 27.0 Å². The highest BCUT2D eigenvalue weighted by molar-refractivity contribution is 7.12. The maximum atomic E-state index is 11.5. The van der Waals surface area contributed by atoms with Crippen LogP contribution in [0.4, 0.5) is 0 Å². The number of pyridine rings is 1. The number of carbonyl (C=O) groups excluding carboxylic acids is 1. The van der Waals surface area contributed by atoms with Crippen molar-refractivity contribution in [2.45, 2.75) is 20.8 Å². The molecule has 0 unspecified atom stereocenters. The second-order valence-electron chi connectivity index (χ2n) is 4.89. The molecule has 19 heavy (non-hydrogen) atoms. The monoisotopic (exact) mass is 269 g/mol. The van der Waals surface area contributed by atoms with Crippen molar-refractivity contribution in [2.24, 2.45) is 0 Å². The Balaban J connectivity index is 2.35. The quantitative estimate of drug-likeness (QED) is 0.632. The largest absolute Gasteiger partial charge is 0.313 e. The molecule has 3 rings (SSSR count). The summed E-state index contributed by atoms with van der Waals surface area (Å²) in [4.78, 5) is 14.0. The summed E-state index contributed by atoms with van der Waals surface area (Å²) in [6.07, 6.45) is 2.96. The second kappa shape index (κ2) is 4.35. The summed E-state index contributed by atoms with van der Waals surface area (Å²) in [6.45, 7) is 6.24. The molecule has 0 aliphatic heterocycles. The molecule has 0 spiro atoms. The van der Waals surface area contributed by atoms with Crippen LogP contribution >= 0.6 is 11.3 Å². The van der Waals surface area contributed by atoms with Crippen molar-refractivity contribution in [1.29, 1.82) is 0 Å². The number of fused-ring (bicyclic) bond motifs is 1. The Morgan fingerprint density at radius 2 is 1.89 bits per heavy atom. The van der Waals surface area contributed by atoms with Crippen molar-refractivity contribution in [3.05, 3.63) is 51.5 Å². The summed E-state index contributed by atoms with van der Waals surface area (Å²) in [5.41, 5.74) is 5.15. The molecule has 96 valence electrons. The Labute approximate surface area is 116 Å². The van der Waals surface area contributed by atoms with Gasteiger partial charge in [-0.2, -0.15) is 0 Å². The van der Waals surface area contributed by atoms with E-state index in [0.29, 0.717) is 0 Å². The standard InChI is InChI=1S/C16H15NOS/c1-10-4-5-13-7-15(16(9-18)17(13)8-10)14-6-11(2)19-12(14)3/h4-9H,1-3H3. The molecule has 0 aliphatic rings. The smallest absolute Gasteiger partial charge is 0.167 e. The first kappa shape index (κ1) is 12.2. The van der Waals surface area contributed by atoms with Gasteiger partial charge in [-0.15, -0.1) is 11.3 Å². The van der Waals surface area contributed by atoms with Crippen LogP contribution in [-0.4, -0.2) is 10.7 Å². The van der Waals surface area contributed by atoms with E-state index in [4.69, 9.17) is 0 Å². The van der Waals surface area contributed by atoms with Gasteiger partial charge in [0.15, 0.2) is 6.29 Å². The maximum Gasteiger partial charge on any atom is 0.167 e. The lowest BCUT2D eigenvalue weighted by atomic mass is 10.1. The van der Waals surface area contributed by atoms with Crippen LogP contribution in [0.3, 0.4) is 0 Å². The van der Waals surface area contributed by atoms with E-state index in [1.807, 2.05) is 17.5 Å². The first-order valence-electron chi connectivity index (χ1n) is 6.24. The van der Waals surface area contributed by atoms with Gasteiger partial charge < -0.3 is 4.40 Å². The molecule has 0 aromatic carbocycles. The molecular weight excluding hydrogens is 254 g/mol. The molecule has 3 heteroatoms. The number of hydrogen-bond acceptors (Lipinski definition) is 2. The summed E-state index contributed by atoms with van der Waals surface area (Å²) in [5.74, 6) is 0. The van der Waals surface area contributed by atoms with Crippen molar-refractivity contribution in [3.8, 4) is 11.1 Å². The number of aromatic nitrogens is 1. The van der Waals surface area contributed by atoms with Crippen LogP contribution in [0.25, 0.3) is 16.6 Å². The van der Waals surface area contributed by atoms with Crippen LogP contribution in [0.1, 0.15) is 25.8 Å². The van der Waals surface area contributed by atoms with E-state index >= 15 is 0 Å². The average Bonchev–Trinajstić information content (AvgIpc) is 2.88. The lowest BCUT2D eigenvalue weighted by Crippen LogP contribution is -1.93. The summed E-state index contributed by atoms with van der Waals surface area (Å²) >= 11 is 1.77. The molecule has 2 nitrogen and oxygen atoms in total. The first-order chi connectivity index (χ1) is 9.10. The molecule has 0 saturated heterocycles. The number of rotatable bonds is 2. The van der Waals surface area contributed by atoms with Gasteiger partial charge in [-0.25, -0.2) is 0 Å². The predicted octanol–water partition coefficient (Wildman–Crippen LogP) is 4.41. The van der Waals surface area contributed by atoms with Gasteiger partial charge >= 0.3 is 0 Å². The highest BCUT2D eigenvalue weighted by Crippen LogP contribution is 2.34. The van der Waals surface area contributed by atoms with Crippen LogP contribution in [0.2, 0.25) is 0 Å². The molecule has 3 aromatic rings. The van der Waals surface area contributed by atoms with Gasteiger partial charge in [-0.1, -0.05) is 6.07 Å². The van der Waals surface area contributed by atoms with Gasteiger partial charge in [0.1, 0.15) is 0 Å². The normalized spacial score (nSPS) is 11.1. The minimum Gasteiger partial charge on any atom is -0.313 e. The molecule has 0 bridgehead atoms. The third kappa shape index (κ3) is 1.90. The van der Waals surface area contributed by atoms with E-state index in [0.717, 1.165) is 28.6 Å². The molecule has 0 atom stereocenters. The van der Waals surface area contributed by atoms with E-state index in [1.165, 1.54) is 15.3 Å². The zero-order valence-corrected chi connectivity index (χ0v) is 12.0. The number of thiophene rings is 1. The molecule has 0 aliphatic carbocycles. The number of carbonyl (C=O) groups is 1. The lowest BCUT2D eigenvalue weighted by molar-refractivity contribution is 0.111. The van der Waals surface area contributed by atoms with Crippen molar-refractivity contribution in [1.82, 2.24) is 4.40 Å². The molecular formula is C16H15NOS. The van der Waals surface area contributed by atoms with E-state index in [9.17, 15) is 4.79 Å². The Hall–Kier alpha value is -1.87. The van der Waals surface area contributed by atoms with Crippen LogP contribution in [0, 0.1) is 20.8 Å². The van der Waals surface area contributed by atoms with Gasteiger partial charge in [0.25, 0.3) is 0 Å². The number of nitrogens with zero attached hydrogens (tertiary/aromatic N) is 1. The molecule has 0 radical (unpaired) electrons. The average molecular weight is 269 g/mol. The lowest BCUT2D eigenvalue weighted by Gasteiger charge is -2.00. The topological polar surface area (TPSA) is 21.5 Å².